The van der Waals surface area contributed by atoms with Gasteiger partial charge in [0.1, 0.15) is 5.54 Å². The van der Waals surface area contributed by atoms with Crippen LogP contribution in [0, 0.1) is 22.4 Å². The van der Waals surface area contributed by atoms with Gasteiger partial charge < -0.3 is 5.32 Å². The summed E-state index contributed by atoms with van der Waals surface area (Å²) in [4.78, 5) is 17.3. The largest absolute Gasteiger partial charge is 0.342 e. The highest BCUT2D eigenvalue weighted by atomic mass is 32.1. The number of nitrogens with one attached hydrogen (secondary N) is 2. The lowest BCUT2D eigenvalue weighted by Gasteiger charge is -2.40. The lowest BCUT2D eigenvalue weighted by molar-refractivity contribution is -0.136. The molecule has 3 heterocycles. The first-order chi connectivity index (χ1) is 12.3. The first kappa shape index (κ1) is 18.0. The Morgan fingerprint density at radius 2 is 2.15 bits per heavy atom. The summed E-state index contributed by atoms with van der Waals surface area (Å²) in [5.41, 5.74) is -0.108. The Hall–Kier alpha value is -2.79. The zero-order valence-electron chi connectivity index (χ0n) is 14.4. The van der Waals surface area contributed by atoms with Gasteiger partial charge in [0, 0.05) is 41.0 Å². The highest BCUT2D eigenvalue weighted by molar-refractivity contribution is 7.11. The van der Waals surface area contributed by atoms with Crippen molar-refractivity contribution in [2.75, 3.05) is 7.05 Å². The Labute approximate surface area is 153 Å². The van der Waals surface area contributed by atoms with E-state index >= 15 is 0 Å². The minimum Gasteiger partial charge on any atom is -0.342 e. The molecule has 5 nitrogen and oxygen atoms in total. The number of thiophene rings is 1. The van der Waals surface area contributed by atoms with Gasteiger partial charge in [-0.3, -0.25) is 20.1 Å². The van der Waals surface area contributed by atoms with Crippen molar-refractivity contribution in [3.8, 4) is 23.0 Å². The van der Waals surface area contributed by atoms with Crippen LogP contribution in [0.15, 0.2) is 24.5 Å². The number of amides is 1. The van der Waals surface area contributed by atoms with Crippen LogP contribution in [0.3, 0.4) is 0 Å². The second-order valence-electron chi connectivity index (χ2n) is 6.07. The maximum Gasteiger partial charge on any atom is 0.266 e. The molecule has 1 fully saturated rings. The Balaban J connectivity index is 2.05. The molecule has 2 atom stereocenters. The lowest BCUT2D eigenvalue weighted by Crippen LogP contribution is -2.64. The summed E-state index contributed by atoms with van der Waals surface area (Å²) in [6.07, 6.45) is 1.13. The van der Waals surface area contributed by atoms with Crippen LogP contribution in [0.5, 0.6) is 0 Å². The molecule has 1 aliphatic rings. The van der Waals surface area contributed by atoms with Gasteiger partial charge in [-0.15, -0.1) is 17.3 Å². The normalized spacial score (nSPS) is 22.7. The predicted molar refractivity (Wildman–Crippen MR) is 95.9 cm³/mol. The van der Waals surface area contributed by atoms with Gasteiger partial charge in [-0.25, -0.2) is 4.39 Å². The highest BCUT2D eigenvalue weighted by Crippen LogP contribution is 2.39. The monoisotopic (exact) mass is 374 g/mol. The zero-order valence-corrected chi connectivity index (χ0v) is 15.2. The summed E-state index contributed by atoms with van der Waals surface area (Å²) in [6, 6.07) is 3.19. The van der Waals surface area contributed by atoms with E-state index in [-0.39, 0.29) is 16.4 Å². The summed E-state index contributed by atoms with van der Waals surface area (Å²) in [6.45, 7) is 3.14. The summed E-state index contributed by atoms with van der Waals surface area (Å²) in [5, 5.41) is 10.00. The molecule has 134 valence electrons. The fourth-order valence-corrected chi connectivity index (χ4v) is 3.75. The molecular weight excluding hydrogens is 358 g/mol. The van der Waals surface area contributed by atoms with Crippen molar-refractivity contribution < 1.29 is 13.6 Å². The summed E-state index contributed by atoms with van der Waals surface area (Å²) < 4.78 is 29.3. The molecule has 3 rings (SSSR count). The lowest BCUT2D eigenvalue weighted by atomic mass is 9.90. The second-order valence-corrected chi connectivity index (χ2v) is 7.07. The fourth-order valence-electron chi connectivity index (χ4n) is 2.73. The van der Waals surface area contributed by atoms with Gasteiger partial charge in [0.05, 0.1) is 0 Å². The van der Waals surface area contributed by atoms with Crippen molar-refractivity contribution in [3.05, 3.63) is 40.1 Å². The van der Waals surface area contributed by atoms with E-state index in [1.165, 1.54) is 26.2 Å². The first-order valence-corrected chi connectivity index (χ1v) is 8.56. The Morgan fingerprint density at radius 3 is 2.85 bits per heavy atom. The topological polar surface area (TPSA) is 69.1 Å². The fraction of sp³-hybridized carbons (Fsp3) is 0.278. The molecule has 26 heavy (non-hydrogen) atoms. The quantitative estimate of drug-likeness (QED) is 0.795. The van der Waals surface area contributed by atoms with Crippen molar-refractivity contribution in [3.63, 3.8) is 0 Å². The van der Waals surface area contributed by atoms with Gasteiger partial charge in [-0.05, 0) is 26.0 Å². The van der Waals surface area contributed by atoms with Gasteiger partial charge >= 0.3 is 0 Å². The van der Waals surface area contributed by atoms with Gasteiger partial charge in [-0.1, -0.05) is 5.92 Å². The van der Waals surface area contributed by atoms with Crippen molar-refractivity contribution in [2.45, 2.75) is 25.6 Å². The second kappa shape index (κ2) is 6.50. The number of guanidine groups is 1. The molecule has 0 saturated carbocycles. The molecule has 1 unspecified atom stereocenters. The maximum atomic E-state index is 14.7. The van der Waals surface area contributed by atoms with E-state index in [2.05, 4.69) is 22.1 Å². The minimum absolute atomic E-state index is 0.233. The molecule has 2 aromatic rings. The summed E-state index contributed by atoms with van der Waals surface area (Å²) in [5.74, 6) is 4.54. The Kier molecular flexibility index (Phi) is 4.50. The number of halogens is 2. The van der Waals surface area contributed by atoms with E-state index in [9.17, 15) is 13.6 Å². The number of rotatable bonds is 2. The summed E-state index contributed by atoms with van der Waals surface area (Å²) in [7, 11) is 1.32. The Bertz CT molecular complexity index is 962. The van der Waals surface area contributed by atoms with Crippen LogP contribution in [0.1, 0.15) is 24.3 Å². The van der Waals surface area contributed by atoms with Gasteiger partial charge in [-0.2, -0.15) is 4.39 Å². The number of pyridine rings is 1. The molecule has 1 saturated heterocycles. The van der Waals surface area contributed by atoms with E-state index in [4.69, 9.17) is 5.41 Å². The smallest absolute Gasteiger partial charge is 0.266 e. The van der Waals surface area contributed by atoms with Crippen molar-refractivity contribution in [1.29, 1.82) is 5.41 Å². The maximum absolute atomic E-state index is 14.7. The van der Waals surface area contributed by atoms with Crippen molar-refractivity contribution in [2.24, 2.45) is 0 Å². The minimum atomic E-state index is -1.94. The Morgan fingerprint density at radius 1 is 1.42 bits per heavy atom. The molecule has 1 aliphatic heterocycles. The van der Waals surface area contributed by atoms with E-state index in [0.29, 0.717) is 11.1 Å². The van der Waals surface area contributed by atoms with Crippen molar-refractivity contribution >= 4 is 23.2 Å². The van der Waals surface area contributed by atoms with Crippen LogP contribution in [0.2, 0.25) is 0 Å². The number of hydrogen-bond acceptors (Lipinski definition) is 4. The SMILES string of the molecule is CC#Cc1cncc(-c2cc([C@@]3(C)NC(=N)N(C)C(=O)C3F)sc2F)c1. The molecule has 0 bridgehead atoms. The molecule has 8 heteroatoms. The van der Waals surface area contributed by atoms with E-state index in [1.807, 2.05) is 0 Å². The number of nitrogens with zero attached hydrogens (tertiary/aromatic N) is 2. The van der Waals surface area contributed by atoms with Gasteiger partial charge in [0.25, 0.3) is 5.91 Å². The number of alkyl halides is 1. The number of carbonyl (C=O) groups is 1. The molecule has 0 aliphatic carbocycles. The van der Waals surface area contributed by atoms with Crippen LogP contribution < -0.4 is 5.32 Å². The standard InChI is InChI=1S/C18H16F2N4OS/c1-4-5-10-6-11(9-22-8-10)12-7-13(26-15(12)20)18(2)14(19)16(25)24(3)17(21)23-18/h6-9,14H,1-3H3,(H2,21,23)/t14?,18-/m1/s1. The highest BCUT2D eigenvalue weighted by Gasteiger charge is 2.49. The average molecular weight is 374 g/mol. The van der Waals surface area contributed by atoms with Crippen LogP contribution in [-0.2, 0) is 10.3 Å². The summed E-state index contributed by atoms with van der Waals surface area (Å²) >= 11 is 0.742. The van der Waals surface area contributed by atoms with E-state index in [0.717, 1.165) is 16.2 Å². The van der Waals surface area contributed by atoms with Crippen molar-refractivity contribution in [1.82, 2.24) is 15.2 Å². The molecular formula is C18H16F2N4OS. The predicted octanol–water partition coefficient (Wildman–Crippen LogP) is 2.87. The van der Waals surface area contributed by atoms with Crippen LogP contribution in [0.25, 0.3) is 11.1 Å². The first-order valence-electron chi connectivity index (χ1n) is 7.74. The molecule has 0 spiro atoms. The number of carbonyl (C=O) groups excluding carboxylic acids is 1. The van der Waals surface area contributed by atoms with Gasteiger partial charge in [0.15, 0.2) is 11.1 Å². The number of aromatic nitrogens is 1. The molecule has 0 aromatic carbocycles. The average Bonchev–Trinajstić information content (AvgIpc) is 3.01. The third-order valence-corrected chi connectivity index (χ3v) is 5.45. The van der Waals surface area contributed by atoms with Crippen LogP contribution in [-0.4, -0.2) is 35.0 Å². The third-order valence-electron chi connectivity index (χ3n) is 4.28. The molecule has 0 radical (unpaired) electrons. The molecule has 2 aromatic heterocycles. The van der Waals surface area contributed by atoms with Crippen LogP contribution >= 0.6 is 11.3 Å². The van der Waals surface area contributed by atoms with Gasteiger partial charge in [0.2, 0.25) is 6.17 Å². The number of hydrogen-bond donors (Lipinski definition) is 2. The third kappa shape index (κ3) is 2.84. The molecule has 2 N–H and O–H groups in total. The van der Waals surface area contributed by atoms with E-state index < -0.39 is 22.7 Å². The van der Waals surface area contributed by atoms with Crippen LogP contribution in [0.4, 0.5) is 8.78 Å². The zero-order chi connectivity index (χ0) is 19.1. The van der Waals surface area contributed by atoms with E-state index in [1.54, 1.807) is 19.2 Å². The molecule has 1 amide bonds.